The van der Waals surface area contributed by atoms with Gasteiger partial charge in [-0.25, -0.2) is 4.98 Å². The molecule has 1 aromatic heterocycles. The minimum atomic E-state index is -0.0391. The SMILES string of the molecule is CN=C(NCCCOc1ccc(C)cc1)NCc1ncc(C(C)(C)C)o1. The van der Waals surface area contributed by atoms with Gasteiger partial charge < -0.3 is 19.8 Å². The van der Waals surface area contributed by atoms with Gasteiger partial charge in [-0.1, -0.05) is 38.5 Å². The highest BCUT2D eigenvalue weighted by molar-refractivity contribution is 5.79. The minimum Gasteiger partial charge on any atom is -0.494 e. The molecule has 0 unspecified atom stereocenters. The summed E-state index contributed by atoms with van der Waals surface area (Å²) in [5.41, 5.74) is 1.19. The molecule has 0 saturated heterocycles. The van der Waals surface area contributed by atoms with E-state index in [9.17, 15) is 0 Å². The summed E-state index contributed by atoms with van der Waals surface area (Å²) in [5, 5.41) is 6.47. The maximum absolute atomic E-state index is 5.77. The van der Waals surface area contributed by atoms with E-state index in [2.05, 4.69) is 48.3 Å². The number of nitrogens with zero attached hydrogens (tertiary/aromatic N) is 2. The van der Waals surface area contributed by atoms with Gasteiger partial charge in [-0.2, -0.15) is 0 Å². The summed E-state index contributed by atoms with van der Waals surface area (Å²) in [7, 11) is 1.74. The highest BCUT2D eigenvalue weighted by atomic mass is 16.5. The maximum Gasteiger partial charge on any atom is 0.213 e. The van der Waals surface area contributed by atoms with Crippen LogP contribution in [0.4, 0.5) is 0 Å². The van der Waals surface area contributed by atoms with E-state index in [-0.39, 0.29) is 5.41 Å². The fraction of sp³-hybridized carbons (Fsp3) is 0.500. The van der Waals surface area contributed by atoms with Crippen LogP contribution in [0.25, 0.3) is 0 Å². The molecule has 142 valence electrons. The maximum atomic E-state index is 5.77. The Hall–Kier alpha value is -2.50. The molecule has 0 atom stereocenters. The number of benzene rings is 1. The number of hydrogen-bond acceptors (Lipinski definition) is 4. The first-order valence-corrected chi connectivity index (χ1v) is 8.97. The zero-order valence-electron chi connectivity index (χ0n) is 16.4. The second-order valence-electron chi connectivity index (χ2n) is 7.24. The fourth-order valence-corrected chi connectivity index (χ4v) is 2.22. The van der Waals surface area contributed by atoms with Gasteiger partial charge in [0.05, 0.1) is 19.3 Å². The lowest BCUT2D eigenvalue weighted by Gasteiger charge is -2.13. The van der Waals surface area contributed by atoms with Gasteiger partial charge in [0.2, 0.25) is 5.89 Å². The number of aliphatic imine (C=N–C) groups is 1. The van der Waals surface area contributed by atoms with E-state index in [0.717, 1.165) is 30.4 Å². The van der Waals surface area contributed by atoms with Crippen molar-refractivity contribution in [3.63, 3.8) is 0 Å². The van der Waals surface area contributed by atoms with Crippen molar-refractivity contribution in [3.8, 4) is 5.75 Å². The molecule has 0 bridgehead atoms. The summed E-state index contributed by atoms with van der Waals surface area (Å²) in [6.45, 7) is 10.3. The Morgan fingerprint density at radius 2 is 1.92 bits per heavy atom. The zero-order valence-corrected chi connectivity index (χ0v) is 16.4. The minimum absolute atomic E-state index is 0.0391. The quantitative estimate of drug-likeness (QED) is 0.451. The first-order valence-electron chi connectivity index (χ1n) is 8.97. The Bertz CT molecular complexity index is 699. The van der Waals surface area contributed by atoms with Crippen LogP contribution in [0.3, 0.4) is 0 Å². The summed E-state index contributed by atoms with van der Waals surface area (Å²) in [6.07, 6.45) is 2.66. The first-order chi connectivity index (χ1) is 12.4. The van der Waals surface area contributed by atoms with Gasteiger partial charge in [-0.3, -0.25) is 4.99 Å². The number of aryl methyl sites for hydroxylation is 1. The van der Waals surface area contributed by atoms with Crippen LogP contribution in [-0.4, -0.2) is 31.1 Å². The zero-order chi connectivity index (χ0) is 19.0. The molecule has 2 aromatic rings. The van der Waals surface area contributed by atoms with Crippen molar-refractivity contribution in [3.05, 3.63) is 47.7 Å². The van der Waals surface area contributed by atoms with Crippen molar-refractivity contribution in [1.82, 2.24) is 15.6 Å². The van der Waals surface area contributed by atoms with Crippen LogP contribution in [0.1, 0.15) is 44.4 Å². The van der Waals surface area contributed by atoms with Crippen LogP contribution in [0.5, 0.6) is 5.75 Å². The van der Waals surface area contributed by atoms with Gasteiger partial charge in [-0.05, 0) is 25.5 Å². The van der Waals surface area contributed by atoms with Gasteiger partial charge >= 0.3 is 0 Å². The molecule has 0 radical (unpaired) electrons. The van der Waals surface area contributed by atoms with Crippen molar-refractivity contribution >= 4 is 5.96 Å². The summed E-state index contributed by atoms with van der Waals surface area (Å²) in [5.74, 6) is 3.15. The second-order valence-corrected chi connectivity index (χ2v) is 7.24. The van der Waals surface area contributed by atoms with Crippen LogP contribution in [0.2, 0.25) is 0 Å². The lowest BCUT2D eigenvalue weighted by Crippen LogP contribution is -2.37. The Labute approximate surface area is 156 Å². The van der Waals surface area contributed by atoms with Gasteiger partial charge in [0.25, 0.3) is 0 Å². The van der Waals surface area contributed by atoms with Crippen molar-refractivity contribution in [2.75, 3.05) is 20.2 Å². The highest BCUT2D eigenvalue weighted by Gasteiger charge is 2.19. The lowest BCUT2D eigenvalue weighted by molar-refractivity contribution is 0.311. The molecule has 6 heteroatoms. The van der Waals surface area contributed by atoms with Crippen LogP contribution < -0.4 is 15.4 Å². The van der Waals surface area contributed by atoms with Gasteiger partial charge in [0, 0.05) is 19.0 Å². The number of guanidine groups is 1. The average Bonchev–Trinajstić information content (AvgIpc) is 3.08. The first kappa shape index (κ1) is 19.8. The van der Waals surface area contributed by atoms with Crippen molar-refractivity contribution < 1.29 is 9.15 Å². The molecule has 1 heterocycles. The Morgan fingerprint density at radius 3 is 2.54 bits per heavy atom. The standard InChI is InChI=1S/C20H30N4O2/c1-15-7-9-16(10-8-15)25-12-6-11-22-19(21-5)24-14-18-23-13-17(26-18)20(2,3)4/h7-10,13H,6,11-12,14H2,1-5H3,(H2,21,22,24). The van der Waals surface area contributed by atoms with E-state index in [0.29, 0.717) is 19.0 Å². The number of aromatic nitrogens is 1. The third kappa shape index (κ3) is 6.43. The summed E-state index contributed by atoms with van der Waals surface area (Å²) < 4.78 is 11.5. The normalized spacial score (nSPS) is 12.1. The molecule has 0 aliphatic heterocycles. The fourth-order valence-electron chi connectivity index (χ4n) is 2.22. The van der Waals surface area contributed by atoms with E-state index in [1.165, 1.54) is 5.56 Å². The van der Waals surface area contributed by atoms with Gasteiger partial charge in [0.1, 0.15) is 11.5 Å². The van der Waals surface area contributed by atoms with Gasteiger partial charge in [-0.15, -0.1) is 0 Å². The molecule has 0 saturated carbocycles. The third-order valence-corrected chi connectivity index (χ3v) is 3.83. The van der Waals surface area contributed by atoms with Crippen LogP contribution >= 0.6 is 0 Å². The molecular formula is C20H30N4O2. The second kappa shape index (κ2) is 9.27. The molecule has 1 aromatic carbocycles. The van der Waals surface area contributed by atoms with Gasteiger partial charge in [0.15, 0.2) is 5.96 Å². The van der Waals surface area contributed by atoms with Crippen LogP contribution in [0.15, 0.2) is 39.9 Å². The number of hydrogen-bond donors (Lipinski definition) is 2. The smallest absolute Gasteiger partial charge is 0.213 e. The lowest BCUT2D eigenvalue weighted by atomic mass is 9.94. The van der Waals surface area contributed by atoms with Crippen molar-refractivity contribution in [2.24, 2.45) is 4.99 Å². The van der Waals surface area contributed by atoms with Crippen LogP contribution in [0, 0.1) is 6.92 Å². The Morgan fingerprint density at radius 1 is 1.19 bits per heavy atom. The largest absolute Gasteiger partial charge is 0.494 e. The number of rotatable bonds is 7. The molecule has 0 spiro atoms. The topological polar surface area (TPSA) is 71.7 Å². The molecule has 26 heavy (non-hydrogen) atoms. The van der Waals surface area contributed by atoms with Crippen molar-refractivity contribution in [1.29, 1.82) is 0 Å². The van der Waals surface area contributed by atoms with Crippen molar-refractivity contribution in [2.45, 2.75) is 46.1 Å². The summed E-state index contributed by atoms with van der Waals surface area (Å²) in [4.78, 5) is 8.51. The number of ether oxygens (including phenoxy) is 1. The molecule has 2 rings (SSSR count). The Balaban J connectivity index is 1.66. The average molecular weight is 358 g/mol. The van der Waals surface area contributed by atoms with E-state index >= 15 is 0 Å². The Kier molecular flexibility index (Phi) is 7.06. The van der Waals surface area contributed by atoms with E-state index in [1.54, 1.807) is 13.2 Å². The predicted octanol–water partition coefficient (Wildman–Crippen LogP) is 3.41. The molecule has 0 aliphatic carbocycles. The van der Waals surface area contributed by atoms with Crippen LogP contribution in [-0.2, 0) is 12.0 Å². The molecule has 2 N–H and O–H groups in total. The molecule has 0 amide bonds. The van der Waals surface area contributed by atoms with E-state index < -0.39 is 0 Å². The predicted molar refractivity (Wildman–Crippen MR) is 105 cm³/mol. The summed E-state index contributed by atoms with van der Waals surface area (Å²) >= 11 is 0. The van der Waals surface area contributed by atoms with E-state index in [4.69, 9.17) is 9.15 Å². The molecule has 0 fully saturated rings. The number of oxazole rings is 1. The molecular weight excluding hydrogens is 328 g/mol. The third-order valence-electron chi connectivity index (χ3n) is 3.83. The number of nitrogens with one attached hydrogen (secondary N) is 2. The monoisotopic (exact) mass is 358 g/mol. The van der Waals surface area contributed by atoms with E-state index in [1.807, 2.05) is 24.3 Å². The molecule has 0 aliphatic rings. The summed E-state index contributed by atoms with van der Waals surface area (Å²) in [6, 6.07) is 8.08. The highest BCUT2D eigenvalue weighted by Crippen LogP contribution is 2.22. The molecule has 6 nitrogen and oxygen atoms in total.